The minimum Gasteiger partial charge on any atom is -0.311 e. The van der Waals surface area contributed by atoms with Crippen molar-refractivity contribution < 1.29 is 4.79 Å². The molecule has 4 nitrogen and oxygen atoms in total. The van der Waals surface area contributed by atoms with E-state index in [9.17, 15) is 4.79 Å². The molecule has 1 aliphatic carbocycles. The van der Waals surface area contributed by atoms with Crippen LogP contribution >= 0.6 is 23.7 Å². The molecule has 2 bridgehead atoms. The van der Waals surface area contributed by atoms with E-state index >= 15 is 0 Å². The number of aryl methyl sites for hydroxylation is 2. The first kappa shape index (κ1) is 17.2. The maximum atomic E-state index is 12.3. The molecule has 2 aliphatic heterocycles. The van der Waals surface area contributed by atoms with Gasteiger partial charge < -0.3 is 10.6 Å². The van der Waals surface area contributed by atoms with Gasteiger partial charge in [0.05, 0.1) is 5.69 Å². The number of hydrogen-bond donors (Lipinski definition) is 2. The quantitative estimate of drug-likeness (QED) is 0.813. The van der Waals surface area contributed by atoms with Gasteiger partial charge in [0.25, 0.3) is 0 Å². The van der Waals surface area contributed by atoms with Gasteiger partial charge in [-0.15, -0.1) is 23.7 Å². The van der Waals surface area contributed by atoms with Crippen LogP contribution in [0.5, 0.6) is 0 Å². The highest BCUT2D eigenvalue weighted by Crippen LogP contribution is 2.33. The third-order valence-corrected chi connectivity index (χ3v) is 6.46. The summed E-state index contributed by atoms with van der Waals surface area (Å²) in [6.45, 7) is 0. The van der Waals surface area contributed by atoms with Crippen molar-refractivity contribution in [2.24, 2.45) is 5.92 Å². The maximum Gasteiger partial charge on any atom is 0.226 e. The van der Waals surface area contributed by atoms with E-state index in [1.807, 2.05) is 0 Å². The van der Waals surface area contributed by atoms with Gasteiger partial charge in [-0.3, -0.25) is 4.79 Å². The zero-order valence-corrected chi connectivity index (χ0v) is 15.1. The Morgan fingerprint density at radius 1 is 1.17 bits per heavy atom. The Labute approximate surface area is 148 Å². The van der Waals surface area contributed by atoms with E-state index in [-0.39, 0.29) is 18.3 Å². The Balaban J connectivity index is 0.00000156. The van der Waals surface area contributed by atoms with Crippen LogP contribution in [-0.4, -0.2) is 23.0 Å². The Hall–Kier alpha value is -0.650. The number of piperidine rings is 1. The first-order valence-electron chi connectivity index (χ1n) is 8.81. The summed E-state index contributed by atoms with van der Waals surface area (Å²) < 4.78 is 0. The van der Waals surface area contributed by atoms with E-state index in [4.69, 9.17) is 0 Å². The van der Waals surface area contributed by atoms with E-state index in [1.54, 1.807) is 11.3 Å². The fourth-order valence-electron chi connectivity index (χ4n) is 4.36. The van der Waals surface area contributed by atoms with Crippen LogP contribution < -0.4 is 10.6 Å². The highest BCUT2D eigenvalue weighted by molar-refractivity contribution is 7.15. The Morgan fingerprint density at radius 2 is 1.91 bits per heavy atom. The number of thiazole rings is 1. The summed E-state index contributed by atoms with van der Waals surface area (Å²) in [7, 11) is 0. The minimum absolute atomic E-state index is 0. The van der Waals surface area contributed by atoms with Crippen molar-refractivity contribution in [3.05, 3.63) is 10.6 Å². The van der Waals surface area contributed by atoms with Crippen LogP contribution in [0.15, 0.2) is 0 Å². The van der Waals surface area contributed by atoms with Gasteiger partial charge in [0.1, 0.15) is 0 Å². The summed E-state index contributed by atoms with van der Waals surface area (Å²) in [6.07, 6.45) is 11.6. The van der Waals surface area contributed by atoms with Crippen molar-refractivity contribution in [2.45, 2.75) is 76.3 Å². The van der Waals surface area contributed by atoms with Crippen LogP contribution in [0.25, 0.3) is 0 Å². The largest absolute Gasteiger partial charge is 0.311 e. The highest BCUT2D eigenvalue weighted by atomic mass is 35.5. The summed E-state index contributed by atoms with van der Waals surface area (Å²) >= 11 is 1.70. The number of halogens is 1. The van der Waals surface area contributed by atoms with Gasteiger partial charge in [0.2, 0.25) is 5.91 Å². The van der Waals surface area contributed by atoms with E-state index in [0.717, 1.165) is 30.8 Å². The third-order valence-electron chi connectivity index (χ3n) is 5.39. The predicted molar refractivity (Wildman–Crippen MR) is 96.5 cm³/mol. The summed E-state index contributed by atoms with van der Waals surface area (Å²) in [4.78, 5) is 18.4. The second-order valence-corrected chi connectivity index (χ2v) is 8.26. The van der Waals surface area contributed by atoms with Gasteiger partial charge in [-0.1, -0.05) is 6.42 Å². The molecule has 0 aromatic carbocycles. The van der Waals surface area contributed by atoms with Crippen molar-refractivity contribution in [1.29, 1.82) is 0 Å². The van der Waals surface area contributed by atoms with Crippen LogP contribution in [0.2, 0.25) is 0 Å². The summed E-state index contributed by atoms with van der Waals surface area (Å²) in [5.41, 5.74) is 1.23. The molecule has 2 saturated heterocycles. The molecule has 2 unspecified atom stereocenters. The number of hydrogen-bond acceptors (Lipinski definition) is 4. The molecule has 1 aromatic rings. The van der Waals surface area contributed by atoms with Gasteiger partial charge >= 0.3 is 0 Å². The first-order chi connectivity index (χ1) is 10.8. The lowest BCUT2D eigenvalue weighted by Gasteiger charge is -2.28. The molecule has 2 atom stereocenters. The summed E-state index contributed by atoms with van der Waals surface area (Å²) in [6, 6.07) is 1.32. The van der Waals surface area contributed by atoms with Gasteiger partial charge in [-0.25, -0.2) is 4.98 Å². The zero-order chi connectivity index (χ0) is 14.9. The van der Waals surface area contributed by atoms with Crippen LogP contribution in [0.4, 0.5) is 5.13 Å². The normalized spacial score (nSPS) is 29.3. The zero-order valence-electron chi connectivity index (χ0n) is 13.5. The maximum absolute atomic E-state index is 12.3. The molecule has 2 N–H and O–H groups in total. The lowest BCUT2D eigenvalue weighted by atomic mass is 9.89. The number of anilines is 1. The molecule has 4 rings (SSSR count). The van der Waals surface area contributed by atoms with Crippen molar-refractivity contribution in [3.8, 4) is 0 Å². The molecule has 2 fully saturated rings. The van der Waals surface area contributed by atoms with Gasteiger partial charge in [-0.05, 0) is 57.3 Å². The molecule has 128 valence electrons. The smallest absolute Gasteiger partial charge is 0.226 e. The van der Waals surface area contributed by atoms with Crippen molar-refractivity contribution in [1.82, 2.24) is 10.3 Å². The average molecular weight is 356 g/mol. The lowest BCUT2D eigenvalue weighted by molar-refractivity contribution is -0.117. The molecule has 0 saturated carbocycles. The number of nitrogens with zero attached hydrogens (tertiary/aromatic N) is 1. The van der Waals surface area contributed by atoms with Crippen molar-refractivity contribution >= 4 is 34.8 Å². The fraction of sp³-hybridized carbons (Fsp3) is 0.765. The molecular weight excluding hydrogens is 330 g/mol. The molecule has 1 amide bonds. The molecule has 3 heterocycles. The SMILES string of the molecule is Cl.O=C(CC1CC2CCC(C1)N2)Nc1nc2c(s1)CCCCC2. The first-order valence-corrected chi connectivity index (χ1v) is 9.62. The Morgan fingerprint density at radius 3 is 2.70 bits per heavy atom. The monoisotopic (exact) mass is 355 g/mol. The van der Waals surface area contributed by atoms with Crippen molar-refractivity contribution in [3.63, 3.8) is 0 Å². The Kier molecular flexibility index (Phi) is 5.60. The number of fused-ring (bicyclic) bond motifs is 3. The fourth-order valence-corrected chi connectivity index (χ4v) is 5.42. The number of carbonyl (C=O) groups is 1. The number of carbonyl (C=O) groups excluding carboxylic acids is 1. The predicted octanol–water partition coefficient (Wildman–Crippen LogP) is 3.69. The van der Waals surface area contributed by atoms with E-state index < -0.39 is 0 Å². The second-order valence-electron chi connectivity index (χ2n) is 7.18. The lowest BCUT2D eigenvalue weighted by Crippen LogP contribution is -2.39. The Bertz CT molecular complexity index is 527. The molecule has 23 heavy (non-hydrogen) atoms. The number of aromatic nitrogens is 1. The minimum atomic E-state index is 0. The molecular formula is C17H26ClN3OS. The standard InChI is InChI=1S/C17H25N3OS.ClH/c21-16(10-11-8-12-6-7-13(9-11)18-12)20-17-19-14-4-2-1-3-5-15(14)22-17;/h11-13,18H,1-10H2,(H,19,20,21);1H. The number of nitrogens with one attached hydrogen (secondary N) is 2. The summed E-state index contributed by atoms with van der Waals surface area (Å²) in [5, 5.41) is 7.53. The van der Waals surface area contributed by atoms with Crippen LogP contribution in [0.3, 0.4) is 0 Å². The molecule has 1 aromatic heterocycles. The van der Waals surface area contributed by atoms with Crippen LogP contribution in [-0.2, 0) is 17.6 Å². The molecule has 0 spiro atoms. The van der Waals surface area contributed by atoms with Gasteiger partial charge in [0.15, 0.2) is 5.13 Å². The van der Waals surface area contributed by atoms with Gasteiger partial charge in [-0.2, -0.15) is 0 Å². The highest BCUT2D eigenvalue weighted by Gasteiger charge is 2.34. The molecule has 6 heteroatoms. The molecule has 3 aliphatic rings. The third kappa shape index (κ3) is 4.06. The van der Waals surface area contributed by atoms with Crippen LogP contribution in [0.1, 0.15) is 61.9 Å². The topological polar surface area (TPSA) is 54.0 Å². The molecule has 0 radical (unpaired) electrons. The van der Waals surface area contributed by atoms with E-state index in [2.05, 4.69) is 15.6 Å². The second kappa shape index (κ2) is 7.49. The number of amides is 1. The van der Waals surface area contributed by atoms with Gasteiger partial charge in [0, 0.05) is 23.4 Å². The number of rotatable bonds is 3. The van der Waals surface area contributed by atoms with Crippen molar-refractivity contribution in [2.75, 3.05) is 5.32 Å². The average Bonchev–Trinajstić information content (AvgIpc) is 2.94. The van der Waals surface area contributed by atoms with E-state index in [0.29, 0.717) is 24.4 Å². The van der Waals surface area contributed by atoms with E-state index in [1.165, 1.54) is 42.7 Å². The van der Waals surface area contributed by atoms with Crippen LogP contribution in [0, 0.1) is 5.92 Å². The summed E-state index contributed by atoms with van der Waals surface area (Å²) in [5.74, 6) is 0.715.